The lowest BCUT2D eigenvalue weighted by atomic mass is 9.84. The average molecular weight is 313 g/mol. The van der Waals surface area contributed by atoms with Crippen molar-refractivity contribution >= 4 is 23.5 Å². The molecule has 0 saturated heterocycles. The molecule has 0 N–H and O–H groups in total. The molecule has 4 nitrogen and oxygen atoms in total. The molecule has 0 fully saturated rings. The van der Waals surface area contributed by atoms with Crippen molar-refractivity contribution in [1.29, 1.82) is 0 Å². The second-order valence-corrected chi connectivity index (χ2v) is 4.98. The fourth-order valence-corrected chi connectivity index (χ4v) is 2.39. The van der Waals surface area contributed by atoms with Crippen LogP contribution in [0.3, 0.4) is 0 Å². The van der Waals surface area contributed by atoms with Crippen molar-refractivity contribution in [2.75, 3.05) is 13.2 Å². The summed E-state index contributed by atoms with van der Waals surface area (Å²) in [6.45, 7) is 5.80. The van der Waals surface area contributed by atoms with E-state index in [1.165, 1.54) is 0 Å². The van der Waals surface area contributed by atoms with Gasteiger partial charge in [0.1, 0.15) is 0 Å². The summed E-state index contributed by atoms with van der Waals surface area (Å²) in [6, 6.07) is 7.13. The molecule has 1 atom stereocenters. The normalized spacial score (nSPS) is 12.0. The fraction of sp³-hybridized carbons (Fsp3) is 0.500. The van der Waals surface area contributed by atoms with E-state index in [0.717, 1.165) is 5.56 Å². The fourth-order valence-electron chi connectivity index (χ4n) is 2.26. The van der Waals surface area contributed by atoms with Crippen LogP contribution in [0.5, 0.6) is 0 Å². The number of hydrogen-bond acceptors (Lipinski definition) is 4. The third-order valence-corrected chi connectivity index (χ3v) is 3.47. The summed E-state index contributed by atoms with van der Waals surface area (Å²) in [7, 11) is 0. The van der Waals surface area contributed by atoms with Gasteiger partial charge in [0.15, 0.2) is 5.92 Å². The monoisotopic (exact) mass is 312 g/mol. The van der Waals surface area contributed by atoms with Crippen LogP contribution in [0.15, 0.2) is 24.3 Å². The van der Waals surface area contributed by atoms with Gasteiger partial charge in [0.2, 0.25) is 0 Å². The number of benzene rings is 1. The van der Waals surface area contributed by atoms with Gasteiger partial charge in [-0.05, 0) is 38.0 Å². The molecule has 116 valence electrons. The van der Waals surface area contributed by atoms with Crippen molar-refractivity contribution < 1.29 is 19.1 Å². The van der Waals surface area contributed by atoms with Gasteiger partial charge < -0.3 is 9.47 Å². The van der Waals surface area contributed by atoms with E-state index in [2.05, 4.69) is 0 Å². The Morgan fingerprint density at radius 1 is 1.00 bits per heavy atom. The lowest BCUT2D eigenvalue weighted by Crippen LogP contribution is -2.33. The van der Waals surface area contributed by atoms with Crippen LogP contribution in [0.1, 0.15) is 38.7 Å². The van der Waals surface area contributed by atoms with Crippen molar-refractivity contribution in [3.05, 3.63) is 34.9 Å². The number of rotatable bonds is 7. The molecule has 0 spiro atoms. The minimum absolute atomic E-state index is 0.228. The van der Waals surface area contributed by atoms with Gasteiger partial charge in [-0.25, -0.2) is 0 Å². The lowest BCUT2D eigenvalue weighted by Gasteiger charge is -2.23. The quantitative estimate of drug-likeness (QED) is 0.570. The third kappa shape index (κ3) is 4.74. The standard InChI is InChI=1S/C16H21ClO4/c1-4-13(11-7-9-12(17)10-8-11)14(15(18)20-5-2)16(19)21-6-3/h7-10,13-14H,4-6H2,1-3H3. The van der Waals surface area contributed by atoms with Crippen LogP contribution in [0, 0.1) is 5.92 Å². The Morgan fingerprint density at radius 2 is 1.48 bits per heavy atom. The highest BCUT2D eigenvalue weighted by Crippen LogP contribution is 2.31. The molecule has 0 aromatic heterocycles. The van der Waals surface area contributed by atoms with E-state index in [-0.39, 0.29) is 19.1 Å². The van der Waals surface area contributed by atoms with E-state index in [0.29, 0.717) is 11.4 Å². The maximum absolute atomic E-state index is 12.2. The van der Waals surface area contributed by atoms with E-state index >= 15 is 0 Å². The Hall–Kier alpha value is -1.55. The van der Waals surface area contributed by atoms with E-state index < -0.39 is 17.9 Å². The van der Waals surface area contributed by atoms with Gasteiger partial charge in [0.05, 0.1) is 13.2 Å². The Balaban J connectivity index is 3.10. The largest absolute Gasteiger partial charge is 0.465 e. The molecule has 0 aliphatic carbocycles. The maximum Gasteiger partial charge on any atom is 0.320 e. The van der Waals surface area contributed by atoms with Gasteiger partial charge in [-0.1, -0.05) is 30.7 Å². The second kappa shape index (κ2) is 8.67. The molecule has 5 heteroatoms. The number of ether oxygens (including phenoxy) is 2. The number of esters is 2. The molecule has 0 aliphatic heterocycles. The highest BCUT2D eigenvalue weighted by molar-refractivity contribution is 6.30. The first-order valence-corrected chi connectivity index (χ1v) is 7.51. The summed E-state index contributed by atoms with van der Waals surface area (Å²) in [5, 5.41) is 0.609. The molecule has 21 heavy (non-hydrogen) atoms. The molecule has 0 heterocycles. The summed E-state index contributed by atoms with van der Waals surface area (Å²) in [5.74, 6) is -2.33. The van der Waals surface area contributed by atoms with Crippen LogP contribution in [0.25, 0.3) is 0 Å². The zero-order chi connectivity index (χ0) is 15.8. The average Bonchev–Trinajstić information content (AvgIpc) is 2.46. The molecule has 1 rings (SSSR count). The first kappa shape index (κ1) is 17.5. The number of halogens is 1. The van der Waals surface area contributed by atoms with Gasteiger partial charge in [0, 0.05) is 10.9 Å². The SMILES string of the molecule is CCOC(=O)C(C(=O)OCC)C(CC)c1ccc(Cl)cc1. The van der Waals surface area contributed by atoms with Gasteiger partial charge in [-0.3, -0.25) is 9.59 Å². The molecule has 0 aliphatic rings. The van der Waals surface area contributed by atoms with Gasteiger partial charge in [0.25, 0.3) is 0 Å². The van der Waals surface area contributed by atoms with Crippen LogP contribution < -0.4 is 0 Å². The van der Waals surface area contributed by atoms with Gasteiger partial charge >= 0.3 is 11.9 Å². The Labute approximate surface area is 130 Å². The molecule has 1 aromatic rings. The summed E-state index contributed by atoms with van der Waals surface area (Å²) in [5.41, 5.74) is 0.869. The van der Waals surface area contributed by atoms with Crippen molar-refractivity contribution in [3.8, 4) is 0 Å². The van der Waals surface area contributed by atoms with E-state index in [1.807, 2.05) is 19.1 Å². The number of carbonyl (C=O) groups is 2. The van der Waals surface area contributed by atoms with Crippen LogP contribution in [0.2, 0.25) is 5.02 Å². The molecule has 1 unspecified atom stereocenters. The first-order valence-electron chi connectivity index (χ1n) is 7.13. The Bertz CT molecular complexity index is 452. The van der Waals surface area contributed by atoms with E-state index in [9.17, 15) is 9.59 Å². The predicted octanol–water partition coefficient (Wildman–Crippen LogP) is 3.58. The maximum atomic E-state index is 12.2. The molecule has 0 saturated carbocycles. The highest BCUT2D eigenvalue weighted by Gasteiger charge is 2.37. The summed E-state index contributed by atoms with van der Waals surface area (Å²) in [6.07, 6.45) is 0.615. The second-order valence-electron chi connectivity index (χ2n) is 4.55. The van der Waals surface area contributed by atoms with E-state index in [1.54, 1.807) is 26.0 Å². The molecular formula is C16H21ClO4. The minimum atomic E-state index is -0.948. The van der Waals surface area contributed by atoms with Crippen molar-refractivity contribution in [3.63, 3.8) is 0 Å². The zero-order valence-electron chi connectivity index (χ0n) is 12.6. The van der Waals surface area contributed by atoms with Crippen molar-refractivity contribution in [2.24, 2.45) is 5.92 Å². The summed E-state index contributed by atoms with van der Waals surface area (Å²) >= 11 is 5.88. The van der Waals surface area contributed by atoms with Crippen LogP contribution >= 0.6 is 11.6 Å². The van der Waals surface area contributed by atoms with Crippen molar-refractivity contribution in [1.82, 2.24) is 0 Å². The Morgan fingerprint density at radius 3 is 1.86 bits per heavy atom. The van der Waals surface area contributed by atoms with Crippen LogP contribution in [-0.2, 0) is 19.1 Å². The first-order chi connectivity index (χ1) is 10.0. The molecule has 0 amide bonds. The zero-order valence-corrected chi connectivity index (χ0v) is 13.4. The minimum Gasteiger partial charge on any atom is -0.465 e. The van der Waals surface area contributed by atoms with Crippen LogP contribution in [-0.4, -0.2) is 25.2 Å². The number of hydrogen-bond donors (Lipinski definition) is 0. The molecule has 0 bridgehead atoms. The smallest absolute Gasteiger partial charge is 0.320 e. The van der Waals surface area contributed by atoms with Gasteiger partial charge in [-0.2, -0.15) is 0 Å². The number of carbonyl (C=O) groups excluding carboxylic acids is 2. The highest BCUT2D eigenvalue weighted by atomic mass is 35.5. The van der Waals surface area contributed by atoms with Crippen molar-refractivity contribution in [2.45, 2.75) is 33.1 Å². The molecule has 1 aromatic carbocycles. The predicted molar refractivity (Wildman–Crippen MR) is 81.2 cm³/mol. The molecular weight excluding hydrogens is 292 g/mol. The lowest BCUT2D eigenvalue weighted by molar-refractivity contribution is -0.162. The topological polar surface area (TPSA) is 52.6 Å². The summed E-state index contributed by atoms with van der Waals surface area (Å²) in [4.78, 5) is 24.3. The Kier molecular flexibility index (Phi) is 7.23. The van der Waals surface area contributed by atoms with Gasteiger partial charge in [-0.15, -0.1) is 0 Å². The summed E-state index contributed by atoms with van der Waals surface area (Å²) < 4.78 is 10.1. The van der Waals surface area contributed by atoms with Crippen LogP contribution in [0.4, 0.5) is 0 Å². The third-order valence-electron chi connectivity index (χ3n) is 3.22. The van der Waals surface area contributed by atoms with E-state index in [4.69, 9.17) is 21.1 Å². The molecule has 0 radical (unpaired) electrons.